The molecule has 1 fully saturated rings. The number of anilines is 1. The molecule has 0 aliphatic heterocycles. The number of nitrogens with two attached hydrogens (primary N) is 1. The minimum absolute atomic E-state index is 0. The van der Waals surface area contributed by atoms with Crippen molar-refractivity contribution in [3.05, 3.63) is 29.6 Å². The second kappa shape index (κ2) is 7.77. The van der Waals surface area contributed by atoms with E-state index in [0.717, 1.165) is 41.9 Å². The zero-order valence-corrected chi connectivity index (χ0v) is 14.8. The molecule has 130 valence electrons. The molecule has 1 heterocycles. The minimum atomic E-state index is 0. The van der Waals surface area contributed by atoms with Crippen molar-refractivity contribution in [2.24, 2.45) is 17.6 Å². The molecule has 0 radical (unpaired) electrons. The van der Waals surface area contributed by atoms with Crippen LogP contribution in [0.25, 0.3) is 11.4 Å². The number of benzene rings is 1. The lowest BCUT2D eigenvalue weighted by Crippen LogP contribution is -2.30. The maximum atomic E-state index is 12.6. The summed E-state index contributed by atoms with van der Waals surface area (Å²) in [6.45, 7) is 4.42. The molecule has 1 aromatic carbocycles. The summed E-state index contributed by atoms with van der Waals surface area (Å²) in [5.41, 5.74) is 8.52. The summed E-state index contributed by atoms with van der Waals surface area (Å²) in [7, 11) is 0. The molecule has 0 bridgehead atoms. The topological polar surface area (TPSA) is 96.7 Å². The fourth-order valence-corrected chi connectivity index (χ4v) is 3.26. The molecule has 1 saturated carbocycles. The van der Waals surface area contributed by atoms with Gasteiger partial charge in [-0.15, -0.1) is 12.4 Å². The molecular weight excluding hydrogens is 326 g/mol. The largest absolute Gasteiger partial charge is 0.330 e. The molecule has 1 aliphatic rings. The van der Waals surface area contributed by atoms with Crippen molar-refractivity contribution >= 4 is 24.0 Å². The van der Waals surface area contributed by atoms with Gasteiger partial charge in [-0.25, -0.2) is 4.98 Å². The molecule has 3 rings (SSSR count). The van der Waals surface area contributed by atoms with E-state index >= 15 is 0 Å². The van der Waals surface area contributed by atoms with Crippen LogP contribution in [0.5, 0.6) is 0 Å². The Labute approximate surface area is 148 Å². The molecule has 0 unspecified atom stereocenters. The molecule has 24 heavy (non-hydrogen) atoms. The van der Waals surface area contributed by atoms with E-state index in [9.17, 15) is 4.79 Å². The Bertz CT molecular complexity index is 715. The Kier molecular flexibility index (Phi) is 5.96. The van der Waals surface area contributed by atoms with Gasteiger partial charge in [-0.3, -0.25) is 9.89 Å². The van der Waals surface area contributed by atoms with Crippen molar-refractivity contribution < 1.29 is 4.79 Å². The van der Waals surface area contributed by atoms with Crippen LogP contribution in [0.1, 0.15) is 30.7 Å². The first kappa shape index (κ1) is 18.4. The second-order valence-corrected chi connectivity index (χ2v) is 6.30. The number of amides is 1. The van der Waals surface area contributed by atoms with E-state index in [0.29, 0.717) is 18.3 Å². The third-order valence-corrected chi connectivity index (χ3v) is 4.65. The third-order valence-electron chi connectivity index (χ3n) is 4.65. The van der Waals surface area contributed by atoms with Gasteiger partial charge in [0, 0.05) is 17.2 Å². The Morgan fingerprint density at radius 2 is 2.17 bits per heavy atom. The first-order chi connectivity index (χ1) is 11.1. The van der Waals surface area contributed by atoms with Gasteiger partial charge in [0.25, 0.3) is 0 Å². The number of nitrogens with one attached hydrogen (secondary N) is 2. The van der Waals surface area contributed by atoms with Crippen molar-refractivity contribution in [1.29, 1.82) is 0 Å². The van der Waals surface area contributed by atoms with Crippen molar-refractivity contribution in [2.45, 2.75) is 33.1 Å². The molecule has 2 aromatic rings. The number of carbonyl (C=O) groups excluding carboxylic acids is 1. The predicted molar refractivity (Wildman–Crippen MR) is 97.1 cm³/mol. The lowest BCUT2D eigenvalue weighted by atomic mass is 9.95. The number of hydrogen-bond donors (Lipinski definition) is 3. The van der Waals surface area contributed by atoms with Crippen LogP contribution in [0.4, 0.5) is 5.69 Å². The highest BCUT2D eigenvalue weighted by molar-refractivity contribution is 5.94. The summed E-state index contributed by atoms with van der Waals surface area (Å²) >= 11 is 0. The average molecular weight is 350 g/mol. The van der Waals surface area contributed by atoms with E-state index in [1.807, 2.05) is 32.0 Å². The summed E-state index contributed by atoms with van der Waals surface area (Å²) in [5, 5.41) is 10.1. The fraction of sp³-hybridized carbons (Fsp3) is 0.471. The van der Waals surface area contributed by atoms with Crippen LogP contribution < -0.4 is 11.1 Å². The van der Waals surface area contributed by atoms with Crippen LogP contribution in [0.3, 0.4) is 0 Å². The van der Waals surface area contributed by atoms with Crippen LogP contribution in [-0.4, -0.2) is 27.6 Å². The van der Waals surface area contributed by atoms with E-state index in [1.54, 1.807) is 0 Å². The average Bonchev–Trinajstić information content (AvgIpc) is 3.18. The normalized spacial score (nSPS) is 19.8. The Hall–Kier alpha value is -1.92. The molecule has 1 aromatic heterocycles. The third kappa shape index (κ3) is 3.76. The van der Waals surface area contributed by atoms with Gasteiger partial charge in [0.15, 0.2) is 5.82 Å². The number of rotatable bonds is 4. The zero-order valence-electron chi connectivity index (χ0n) is 14.0. The fourth-order valence-electron chi connectivity index (χ4n) is 3.26. The van der Waals surface area contributed by atoms with Crippen LogP contribution in [0.15, 0.2) is 18.2 Å². The monoisotopic (exact) mass is 349 g/mol. The molecule has 0 saturated heterocycles. The summed E-state index contributed by atoms with van der Waals surface area (Å²) in [4.78, 5) is 16.9. The number of halogens is 1. The van der Waals surface area contributed by atoms with Gasteiger partial charge < -0.3 is 11.1 Å². The number of aromatic amines is 1. The van der Waals surface area contributed by atoms with Gasteiger partial charge in [-0.2, -0.15) is 5.10 Å². The first-order valence-electron chi connectivity index (χ1n) is 8.09. The van der Waals surface area contributed by atoms with E-state index in [4.69, 9.17) is 5.73 Å². The van der Waals surface area contributed by atoms with Gasteiger partial charge >= 0.3 is 0 Å². The highest BCUT2D eigenvalue weighted by Gasteiger charge is 2.32. The van der Waals surface area contributed by atoms with E-state index in [1.165, 1.54) is 0 Å². The minimum Gasteiger partial charge on any atom is -0.330 e. The molecule has 1 aliphatic carbocycles. The van der Waals surface area contributed by atoms with Crippen LogP contribution in [0, 0.1) is 25.7 Å². The quantitative estimate of drug-likeness (QED) is 0.790. The maximum Gasteiger partial charge on any atom is 0.227 e. The van der Waals surface area contributed by atoms with Gasteiger partial charge in [-0.05, 0) is 50.8 Å². The smallest absolute Gasteiger partial charge is 0.227 e. The van der Waals surface area contributed by atoms with Gasteiger partial charge in [0.1, 0.15) is 5.82 Å². The van der Waals surface area contributed by atoms with Crippen LogP contribution >= 0.6 is 12.4 Å². The second-order valence-electron chi connectivity index (χ2n) is 6.30. The van der Waals surface area contributed by atoms with E-state index in [-0.39, 0.29) is 24.2 Å². The molecule has 2 atom stereocenters. The van der Waals surface area contributed by atoms with Crippen molar-refractivity contribution in [3.8, 4) is 11.4 Å². The van der Waals surface area contributed by atoms with E-state index < -0.39 is 0 Å². The summed E-state index contributed by atoms with van der Waals surface area (Å²) in [6, 6.07) is 5.87. The summed E-state index contributed by atoms with van der Waals surface area (Å²) in [6.07, 6.45) is 3.05. The van der Waals surface area contributed by atoms with Gasteiger partial charge in [0.05, 0.1) is 0 Å². The molecule has 4 N–H and O–H groups in total. The summed E-state index contributed by atoms with van der Waals surface area (Å²) in [5.74, 6) is 1.80. The standard InChI is InChI=1S/C17H23N5O.ClH/c1-10-6-7-12(16-19-11(2)21-22-16)8-15(10)20-17(23)14-5-3-4-13(14)9-18;/h6-8,13-14H,3-5,9,18H2,1-2H3,(H,20,23)(H,19,21,22);1H/t13-,14-;/m1./s1. The zero-order chi connectivity index (χ0) is 16.4. The highest BCUT2D eigenvalue weighted by Crippen LogP contribution is 2.32. The number of aromatic nitrogens is 3. The van der Waals surface area contributed by atoms with Crippen molar-refractivity contribution in [3.63, 3.8) is 0 Å². The number of H-pyrrole nitrogens is 1. The lowest BCUT2D eigenvalue weighted by Gasteiger charge is -2.18. The first-order valence-corrected chi connectivity index (χ1v) is 8.09. The number of aryl methyl sites for hydroxylation is 2. The molecule has 1 amide bonds. The van der Waals surface area contributed by atoms with Crippen LogP contribution in [0.2, 0.25) is 0 Å². The van der Waals surface area contributed by atoms with Crippen molar-refractivity contribution in [1.82, 2.24) is 15.2 Å². The Morgan fingerprint density at radius 3 is 2.83 bits per heavy atom. The SMILES string of the molecule is Cc1nc(-c2ccc(C)c(NC(=O)[C@@H]3CCC[C@@H]3CN)c2)n[nH]1.Cl. The Morgan fingerprint density at radius 1 is 1.38 bits per heavy atom. The van der Waals surface area contributed by atoms with Gasteiger partial charge in [-0.1, -0.05) is 18.6 Å². The van der Waals surface area contributed by atoms with Crippen molar-refractivity contribution in [2.75, 3.05) is 11.9 Å². The molecular formula is C17H24ClN5O. The number of carbonyl (C=O) groups is 1. The Balaban J connectivity index is 0.00000208. The van der Waals surface area contributed by atoms with Gasteiger partial charge in [0.2, 0.25) is 5.91 Å². The van der Waals surface area contributed by atoms with E-state index in [2.05, 4.69) is 20.5 Å². The number of hydrogen-bond acceptors (Lipinski definition) is 4. The molecule has 0 spiro atoms. The highest BCUT2D eigenvalue weighted by atomic mass is 35.5. The maximum absolute atomic E-state index is 12.6. The molecule has 6 nitrogen and oxygen atoms in total. The molecule has 7 heteroatoms. The van der Waals surface area contributed by atoms with Crippen LogP contribution in [-0.2, 0) is 4.79 Å². The lowest BCUT2D eigenvalue weighted by molar-refractivity contribution is -0.120. The summed E-state index contributed by atoms with van der Waals surface area (Å²) < 4.78 is 0. The number of nitrogens with zero attached hydrogens (tertiary/aromatic N) is 2. The predicted octanol–water partition coefficient (Wildman–Crippen LogP) is 2.82.